The zero-order chi connectivity index (χ0) is 11.4. The standard InChI is InChI=1S/C3H12N4O5P2/c4-13(5,9)11-1-3(8)2-12-14(6,7)10/h1-2H2,(H4,4,5,9)(H4,6,7,10). The van der Waals surface area contributed by atoms with Gasteiger partial charge in [0.15, 0.2) is 5.78 Å². The fraction of sp³-hybridized carbons (Fsp3) is 0.667. The molecule has 14 heavy (non-hydrogen) atoms. The fourth-order valence-electron chi connectivity index (χ4n) is 0.387. The lowest BCUT2D eigenvalue weighted by Crippen LogP contribution is -2.20. The molecule has 8 N–H and O–H groups in total. The van der Waals surface area contributed by atoms with Crippen molar-refractivity contribution in [3.05, 3.63) is 0 Å². The minimum absolute atomic E-state index is 0.621. The van der Waals surface area contributed by atoms with Gasteiger partial charge in [0.25, 0.3) is 0 Å². The second-order valence-corrected chi connectivity index (χ2v) is 5.47. The molecule has 9 nitrogen and oxygen atoms in total. The van der Waals surface area contributed by atoms with Crippen molar-refractivity contribution >= 4 is 21.1 Å². The summed E-state index contributed by atoms with van der Waals surface area (Å²) in [4.78, 5) is 10.8. The summed E-state index contributed by atoms with van der Waals surface area (Å²) in [6, 6.07) is 0. The highest BCUT2D eigenvalue weighted by molar-refractivity contribution is 7.54. The Balaban J connectivity index is 3.79. The Labute approximate surface area is 80.2 Å². The van der Waals surface area contributed by atoms with E-state index in [0.29, 0.717) is 0 Å². The summed E-state index contributed by atoms with van der Waals surface area (Å²) >= 11 is 0. The molecule has 0 aromatic heterocycles. The highest BCUT2D eigenvalue weighted by Crippen LogP contribution is 2.27. The maximum Gasteiger partial charge on any atom is 0.335 e. The molecule has 0 heterocycles. The average molecular weight is 246 g/mol. The minimum atomic E-state index is -3.69. The third kappa shape index (κ3) is 9.97. The van der Waals surface area contributed by atoms with E-state index in [4.69, 9.17) is 22.0 Å². The quantitative estimate of drug-likeness (QED) is 0.412. The molecule has 0 saturated carbocycles. The van der Waals surface area contributed by atoms with Gasteiger partial charge in [0.1, 0.15) is 13.2 Å². The van der Waals surface area contributed by atoms with Crippen molar-refractivity contribution in [3.8, 4) is 0 Å². The second kappa shape index (κ2) is 5.11. The van der Waals surface area contributed by atoms with Crippen LogP contribution in [0.3, 0.4) is 0 Å². The Bertz CT molecular complexity index is 265. The van der Waals surface area contributed by atoms with Crippen molar-refractivity contribution in [1.82, 2.24) is 0 Å². The number of hydrogen-bond donors (Lipinski definition) is 4. The first-order valence-corrected chi connectivity index (χ1v) is 6.78. The molecule has 0 atom stereocenters. The van der Waals surface area contributed by atoms with Crippen LogP contribution >= 0.6 is 15.3 Å². The van der Waals surface area contributed by atoms with Crippen molar-refractivity contribution in [3.63, 3.8) is 0 Å². The fourth-order valence-corrected chi connectivity index (χ4v) is 1.08. The molecule has 84 valence electrons. The lowest BCUT2D eigenvalue weighted by Gasteiger charge is -2.08. The predicted octanol–water partition coefficient (Wildman–Crippen LogP) is -1.36. The summed E-state index contributed by atoms with van der Waals surface area (Å²) in [7, 11) is -7.38. The van der Waals surface area contributed by atoms with Crippen LogP contribution in [0.1, 0.15) is 0 Å². The molecule has 0 radical (unpaired) electrons. The van der Waals surface area contributed by atoms with Crippen LogP contribution in [0, 0.1) is 0 Å². The van der Waals surface area contributed by atoms with Crippen molar-refractivity contribution in [2.75, 3.05) is 13.2 Å². The third-order valence-corrected chi connectivity index (χ3v) is 1.92. The van der Waals surface area contributed by atoms with Crippen molar-refractivity contribution in [2.45, 2.75) is 0 Å². The van der Waals surface area contributed by atoms with Gasteiger partial charge in [0.05, 0.1) is 0 Å². The van der Waals surface area contributed by atoms with Gasteiger partial charge in [-0.3, -0.25) is 23.0 Å². The van der Waals surface area contributed by atoms with E-state index in [9.17, 15) is 13.9 Å². The zero-order valence-electron chi connectivity index (χ0n) is 7.16. The Morgan fingerprint density at radius 1 is 0.929 bits per heavy atom. The SMILES string of the molecule is NP(N)(=O)OCC(=O)COP(N)(N)=O. The van der Waals surface area contributed by atoms with Crippen molar-refractivity contribution < 1.29 is 23.0 Å². The first kappa shape index (κ1) is 13.9. The number of ketones is 1. The van der Waals surface area contributed by atoms with Crippen LogP contribution in [0.2, 0.25) is 0 Å². The normalized spacial score (nSPS) is 12.9. The monoisotopic (exact) mass is 246 g/mol. The van der Waals surface area contributed by atoms with Gasteiger partial charge in [-0.15, -0.1) is 0 Å². The van der Waals surface area contributed by atoms with Crippen LogP contribution < -0.4 is 22.0 Å². The largest absolute Gasteiger partial charge is 0.335 e. The van der Waals surface area contributed by atoms with Crippen molar-refractivity contribution in [1.29, 1.82) is 0 Å². The van der Waals surface area contributed by atoms with E-state index in [1.807, 2.05) is 0 Å². The highest BCUT2D eigenvalue weighted by Gasteiger charge is 2.15. The molecule has 11 heteroatoms. The van der Waals surface area contributed by atoms with Gasteiger partial charge < -0.3 is 0 Å². The second-order valence-electron chi connectivity index (χ2n) is 2.38. The van der Waals surface area contributed by atoms with Crippen LogP contribution in [0.15, 0.2) is 0 Å². The van der Waals surface area contributed by atoms with E-state index >= 15 is 0 Å². The van der Waals surface area contributed by atoms with E-state index in [-0.39, 0.29) is 0 Å². The molecule has 0 unspecified atom stereocenters. The van der Waals surface area contributed by atoms with Gasteiger partial charge in [0.2, 0.25) is 0 Å². The number of carbonyl (C=O) groups is 1. The molecule has 0 aromatic rings. The van der Waals surface area contributed by atoms with E-state index in [1.54, 1.807) is 0 Å². The summed E-state index contributed by atoms with van der Waals surface area (Å²) in [6.07, 6.45) is 0. The molecular formula is C3H12N4O5P2. The molecule has 0 bridgehead atoms. The van der Waals surface area contributed by atoms with Crippen LogP contribution in [0.5, 0.6) is 0 Å². The Hall–Kier alpha value is -0.110. The summed E-state index contributed by atoms with van der Waals surface area (Å²) in [5, 5.41) is 0. The van der Waals surface area contributed by atoms with E-state index in [1.165, 1.54) is 0 Å². The van der Waals surface area contributed by atoms with Gasteiger partial charge in [-0.25, -0.2) is 22.0 Å². The molecule has 0 aliphatic heterocycles. The number of rotatable bonds is 6. The van der Waals surface area contributed by atoms with Gasteiger partial charge >= 0.3 is 15.3 Å². The molecule has 0 rings (SSSR count). The molecule has 0 amide bonds. The lowest BCUT2D eigenvalue weighted by atomic mass is 10.5. The summed E-state index contributed by atoms with van der Waals surface area (Å²) < 4.78 is 29.6. The average Bonchev–Trinajstić information content (AvgIpc) is 1.94. The van der Waals surface area contributed by atoms with Gasteiger partial charge in [-0.05, 0) is 0 Å². The van der Waals surface area contributed by atoms with Gasteiger partial charge in [-0.2, -0.15) is 0 Å². The van der Waals surface area contributed by atoms with Crippen molar-refractivity contribution in [2.24, 2.45) is 22.0 Å². The van der Waals surface area contributed by atoms with E-state index < -0.39 is 34.3 Å². The van der Waals surface area contributed by atoms with Crippen LogP contribution in [0.4, 0.5) is 0 Å². The zero-order valence-corrected chi connectivity index (χ0v) is 8.95. The van der Waals surface area contributed by atoms with E-state index in [2.05, 4.69) is 9.05 Å². The Morgan fingerprint density at radius 2 is 1.21 bits per heavy atom. The Morgan fingerprint density at radius 3 is 1.43 bits per heavy atom. The molecule has 0 aliphatic carbocycles. The minimum Gasteiger partial charge on any atom is -0.298 e. The van der Waals surface area contributed by atoms with Crippen LogP contribution in [-0.2, 0) is 23.0 Å². The molecule has 0 fully saturated rings. The molecule has 0 aromatic carbocycles. The number of carbonyl (C=O) groups excluding carboxylic acids is 1. The highest BCUT2D eigenvalue weighted by atomic mass is 31.2. The Kier molecular flexibility index (Phi) is 5.07. The lowest BCUT2D eigenvalue weighted by molar-refractivity contribution is -0.123. The summed E-state index contributed by atoms with van der Waals surface area (Å²) in [6.45, 7) is -1.24. The summed E-state index contributed by atoms with van der Waals surface area (Å²) in [5.74, 6) is -0.683. The molecule has 0 saturated heterocycles. The maximum absolute atomic E-state index is 10.8. The third-order valence-electron chi connectivity index (χ3n) is 0.855. The van der Waals surface area contributed by atoms with Crippen LogP contribution in [-0.4, -0.2) is 19.0 Å². The van der Waals surface area contributed by atoms with E-state index in [0.717, 1.165) is 0 Å². The van der Waals surface area contributed by atoms with Gasteiger partial charge in [-0.1, -0.05) is 0 Å². The first-order valence-electron chi connectivity index (χ1n) is 3.25. The summed E-state index contributed by atoms with van der Waals surface area (Å²) in [5.41, 5.74) is 19.1. The molecule has 0 spiro atoms. The smallest absolute Gasteiger partial charge is 0.298 e. The maximum atomic E-state index is 10.8. The van der Waals surface area contributed by atoms with Gasteiger partial charge in [0, 0.05) is 0 Å². The predicted molar refractivity (Wildman–Crippen MR) is 48.9 cm³/mol. The number of hydrogen-bond acceptors (Lipinski definition) is 5. The molecule has 0 aliphatic rings. The topological polar surface area (TPSA) is 174 Å². The molecular weight excluding hydrogens is 234 g/mol. The number of Topliss-reactive ketones (excluding diaryl/α,β-unsaturated/α-hetero) is 1. The van der Waals surface area contributed by atoms with Crippen LogP contribution in [0.25, 0.3) is 0 Å². The number of nitrogens with two attached hydrogens (primary N) is 4. The first-order chi connectivity index (χ1) is 6.10.